The summed E-state index contributed by atoms with van der Waals surface area (Å²) in [6.45, 7) is 1.05. The van der Waals surface area contributed by atoms with Crippen LogP contribution in [-0.4, -0.2) is 88.8 Å². The van der Waals surface area contributed by atoms with Crippen LogP contribution in [0.5, 0.6) is 0 Å². The van der Waals surface area contributed by atoms with Crippen LogP contribution in [0.2, 0.25) is 0 Å². The quantitative estimate of drug-likeness (QED) is 0.0737. The molecule has 40 heavy (non-hydrogen) atoms. The molecule has 0 fully saturated rings. The molecule has 16 nitrogen and oxygen atoms in total. The van der Waals surface area contributed by atoms with Crippen molar-refractivity contribution in [1.82, 2.24) is 36.3 Å². The van der Waals surface area contributed by atoms with Crippen LogP contribution >= 0.6 is 0 Å². The van der Waals surface area contributed by atoms with Gasteiger partial charge in [-0.15, -0.1) is 5.10 Å². The van der Waals surface area contributed by atoms with E-state index < -0.39 is 36.0 Å². The summed E-state index contributed by atoms with van der Waals surface area (Å²) in [5, 5.41) is 18.6. The maximum Gasteiger partial charge on any atom is 0.344 e. The Morgan fingerprint density at radius 2 is 1.73 bits per heavy atom. The zero-order valence-corrected chi connectivity index (χ0v) is 22.6. The fraction of sp³-hybridized carbons (Fsp3) is 0.667. The molecule has 2 bridgehead atoms. The minimum Gasteiger partial charge on any atom is -0.370 e. The number of carbonyl (C=O) groups excluding carboxylic acids is 5. The Labute approximate surface area is 232 Å². The Kier molecular flexibility index (Phi) is 14.1. The van der Waals surface area contributed by atoms with Crippen molar-refractivity contribution in [2.24, 2.45) is 22.2 Å². The number of fused-ring (bicyclic) bond motifs is 2. The van der Waals surface area contributed by atoms with E-state index in [0.717, 1.165) is 4.68 Å². The van der Waals surface area contributed by atoms with E-state index in [4.69, 9.17) is 17.2 Å². The number of hydrogen-bond acceptors (Lipinski definition) is 9. The second-order valence-corrected chi connectivity index (χ2v) is 9.55. The molecule has 2 rings (SSSR count). The molecule has 0 spiro atoms. The summed E-state index contributed by atoms with van der Waals surface area (Å²) in [5.74, 6) is -1.41. The average molecular weight is 564 g/mol. The lowest BCUT2D eigenvalue weighted by Crippen LogP contribution is -2.55. The molecule has 0 saturated carbocycles. The van der Waals surface area contributed by atoms with Crippen molar-refractivity contribution in [3.63, 3.8) is 0 Å². The van der Waals surface area contributed by atoms with Crippen molar-refractivity contribution >= 4 is 36.0 Å². The summed E-state index contributed by atoms with van der Waals surface area (Å²) < 4.78 is 0.961. The predicted molar refractivity (Wildman–Crippen MR) is 146 cm³/mol. The van der Waals surface area contributed by atoms with Crippen molar-refractivity contribution in [2.75, 3.05) is 19.6 Å². The Bertz CT molecular complexity index is 1020. The zero-order chi connectivity index (χ0) is 29.3. The van der Waals surface area contributed by atoms with E-state index in [-0.39, 0.29) is 44.1 Å². The smallest absolute Gasteiger partial charge is 0.344 e. The van der Waals surface area contributed by atoms with Crippen LogP contribution in [0.1, 0.15) is 63.5 Å². The average Bonchev–Trinajstić information content (AvgIpc) is 3.40. The minimum atomic E-state index is -1.01. The first-order valence-electron chi connectivity index (χ1n) is 13.5. The van der Waals surface area contributed by atoms with Crippen LogP contribution in [0.15, 0.2) is 11.2 Å². The molecule has 1 aromatic rings. The van der Waals surface area contributed by atoms with Crippen LogP contribution in [0, 0.1) is 0 Å². The fourth-order valence-electron chi connectivity index (χ4n) is 4.04. The molecule has 16 heteroatoms. The van der Waals surface area contributed by atoms with E-state index in [2.05, 4.69) is 36.6 Å². The van der Waals surface area contributed by atoms with Crippen LogP contribution in [-0.2, 0) is 25.6 Å². The number of aromatic nitrogens is 3. The first kappa shape index (κ1) is 32.1. The lowest BCUT2D eigenvalue weighted by Gasteiger charge is -2.24. The molecule has 1 aliphatic heterocycles. The van der Waals surface area contributed by atoms with Crippen LogP contribution in [0.25, 0.3) is 0 Å². The number of hydrogen-bond donors (Lipinski definition) is 7. The highest BCUT2D eigenvalue weighted by molar-refractivity contribution is 5.92. The van der Waals surface area contributed by atoms with Gasteiger partial charge in [0.05, 0.1) is 17.9 Å². The summed E-state index contributed by atoms with van der Waals surface area (Å²) in [6, 6.07) is -3.48. The van der Waals surface area contributed by atoms with Crippen LogP contribution in [0.3, 0.4) is 0 Å². The highest BCUT2D eigenvalue weighted by Crippen LogP contribution is 2.07. The van der Waals surface area contributed by atoms with E-state index in [1.165, 1.54) is 6.20 Å². The van der Waals surface area contributed by atoms with Crippen molar-refractivity contribution < 1.29 is 24.0 Å². The van der Waals surface area contributed by atoms with Gasteiger partial charge in [-0.3, -0.25) is 19.4 Å². The summed E-state index contributed by atoms with van der Waals surface area (Å²) in [4.78, 5) is 67.1. The van der Waals surface area contributed by atoms with E-state index in [9.17, 15) is 24.0 Å². The molecule has 222 valence electrons. The van der Waals surface area contributed by atoms with E-state index in [1.807, 2.05) is 0 Å². The largest absolute Gasteiger partial charge is 0.370 e. The van der Waals surface area contributed by atoms with E-state index in [1.54, 1.807) is 0 Å². The van der Waals surface area contributed by atoms with Gasteiger partial charge in [0.2, 0.25) is 17.7 Å². The molecule has 1 aliphatic rings. The standard InChI is InChI=1S/C24H41N11O5/c25-11-3-1-7-19-22(39)31-18(8-5-13-29-23(26)27)21(38)30-17(15-36)6-2-4-12-28-20(37)10-9-16-14-35(34-33-16)24(40)32-19/h14-15,17-19H,1-13,25H2,(H,28,37)(H,30,38)(H,31,39)(H,32,40)(H4,26,27,29)/t17-,18-,19-/m0/s1. The monoisotopic (exact) mass is 563 g/mol. The number of nitrogens with zero attached hydrogens (tertiary/aromatic N) is 4. The Morgan fingerprint density at radius 3 is 2.45 bits per heavy atom. The number of guanidine groups is 1. The summed E-state index contributed by atoms with van der Waals surface area (Å²) >= 11 is 0. The lowest BCUT2D eigenvalue weighted by atomic mass is 10.1. The first-order valence-corrected chi connectivity index (χ1v) is 13.5. The molecule has 0 aliphatic carbocycles. The van der Waals surface area contributed by atoms with Crippen molar-refractivity contribution in [1.29, 1.82) is 0 Å². The van der Waals surface area contributed by atoms with Crippen molar-refractivity contribution in [3.8, 4) is 0 Å². The molecule has 0 aromatic carbocycles. The van der Waals surface area contributed by atoms with Gasteiger partial charge in [-0.25, -0.2) is 4.79 Å². The lowest BCUT2D eigenvalue weighted by molar-refractivity contribution is -0.131. The van der Waals surface area contributed by atoms with Gasteiger partial charge in [0.25, 0.3) is 0 Å². The van der Waals surface area contributed by atoms with Gasteiger partial charge in [0, 0.05) is 25.9 Å². The Balaban J connectivity index is 2.27. The SMILES string of the molecule is NCCCC[C@@H]1NC(=O)n2cc(nn2)CCC(=O)NCCCC[C@@H](C=O)NC(=O)[C@H](CCCN=C(N)N)NC1=O. The van der Waals surface area contributed by atoms with Gasteiger partial charge in [0.15, 0.2) is 5.96 Å². The van der Waals surface area contributed by atoms with Gasteiger partial charge in [-0.05, 0) is 57.9 Å². The molecule has 0 radical (unpaired) electrons. The van der Waals surface area contributed by atoms with Gasteiger partial charge < -0.3 is 43.3 Å². The highest BCUT2D eigenvalue weighted by Gasteiger charge is 2.28. The second-order valence-electron chi connectivity index (χ2n) is 9.55. The van der Waals surface area contributed by atoms with Gasteiger partial charge >= 0.3 is 6.03 Å². The Morgan fingerprint density at radius 1 is 1.00 bits per heavy atom. The summed E-state index contributed by atoms with van der Waals surface area (Å²) in [7, 11) is 0. The molecule has 10 N–H and O–H groups in total. The number of amides is 4. The third-order valence-corrected chi connectivity index (χ3v) is 6.25. The van der Waals surface area contributed by atoms with Gasteiger partial charge in [-0.2, -0.15) is 4.68 Å². The predicted octanol–water partition coefficient (Wildman–Crippen LogP) is -2.21. The molecule has 3 atom stereocenters. The normalized spacial score (nSPS) is 21.8. The maximum absolute atomic E-state index is 13.3. The third-order valence-electron chi connectivity index (χ3n) is 6.25. The van der Waals surface area contributed by atoms with Crippen molar-refractivity contribution in [2.45, 2.75) is 82.3 Å². The maximum atomic E-state index is 13.3. The first-order chi connectivity index (χ1) is 19.2. The molecule has 0 unspecified atom stereocenters. The third kappa shape index (κ3) is 11.8. The summed E-state index contributed by atoms with van der Waals surface area (Å²) in [6.07, 6.45) is 5.99. The van der Waals surface area contributed by atoms with Gasteiger partial charge in [0.1, 0.15) is 18.4 Å². The van der Waals surface area contributed by atoms with Gasteiger partial charge in [-0.1, -0.05) is 5.21 Å². The molecular formula is C24H41N11O5. The molecular weight excluding hydrogens is 522 g/mol. The topological polar surface area (TPSA) is 255 Å². The van der Waals surface area contributed by atoms with E-state index >= 15 is 0 Å². The number of aliphatic imine (C=N–C) groups is 1. The fourth-order valence-corrected chi connectivity index (χ4v) is 4.04. The van der Waals surface area contributed by atoms with Crippen molar-refractivity contribution in [3.05, 3.63) is 11.9 Å². The number of aldehydes is 1. The molecule has 1 aromatic heterocycles. The number of carbonyl (C=O) groups is 5. The zero-order valence-electron chi connectivity index (χ0n) is 22.6. The van der Waals surface area contributed by atoms with E-state index in [0.29, 0.717) is 63.6 Å². The number of nitrogens with one attached hydrogen (secondary N) is 4. The molecule has 0 saturated heterocycles. The summed E-state index contributed by atoms with van der Waals surface area (Å²) in [5.41, 5.74) is 16.8. The number of aryl methyl sites for hydroxylation is 1. The minimum absolute atomic E-state index is 0.0964. The number of unbranched alkanes of at least 4 members (excludes halogenated alkanes) is 1. The Hall–Kier alpha value is -4.08. The highest BCUT2D eigenvalue weighted by atomic mass is 16.2. The molecule has 2 heterocycles. The van der Waals surface area contributed by atoms with Crippen LogP contribution < -0.4 is 38.5 Å². The second kappa shape index (κ2) is 17.5. The van der Waals surface area contributed by atoms with Crippen LogP contribution in [0.4, 0.5) is 4.79 Å². The number of rotatable bonds is 9. The number of nitrogens with two attached hydrogens (primary N) is 3. The molecule has 4 amide bonds.